The smallest absolute Gasteiger partial charge is 0.211 e. The molecule has 3 aliphatic heterocycles. The van der Waals surface area contributed by atoms with Gasteiger partial charge in [0, 0.05) is 49.8 Å². The summed E-state index contributed by atoms with van der Waals surface area (Å²) in [5.74, 6) is 0.615. The van der Waals surface area contributed by atoms with Crippen LogP contribution < -0.4 is 4.90 Å². The minimum absolute atomic E-state index is 0.108. The maximum atomic E-state index is 11.8. The van der Waals surface area contributed by atoms with Gasteiger partial charge in [0.2, 0.25) is 10.0 Å². The second kappa shape index (κ2) is 6.00. The van der Waals surface area contributed by atoms with Crippen molar-refractivity contribution in [2.24, 2.45) is 5.92 Å². The van der Waals surface area contributed by atoms with Crippen molar-refractivity contribution in [3.8, 4) is 0 Å². The van der Waals surface area contributed by atoms with Crippen LogP contribution in [0.5, 0.6) is 0 Å². The minimum Gasteiger partial charge on any atom is -0.381 e. The molecule has 3 heterocycles. The Morgan fingerprint density at radius 2 is 2.00 bits per heavy atom. The van der Waals surface area contributed by atoms with Gasteiger partial charge in [-0.15, -0.1) is 0 Å². The average molecular weight is 350 g/mol. The van der Waals surface area contributed by atoms with Crippen molar-refractivity contribution in [3.05, 3.63) is 29.8 Å². The molecule has 0 N–H and O–H groups in total. The third-order valence-electron chi connectivity index (χ3n) is 5.96. The molecule has 0 saturated carbocycles. The Hall–Kier alpha value is -1.11. The van der Waals surface area contributed by atoms with E-state index in [1.54, 1.807) is 4.31 Å². The summed E-state index contributed by atoms with van der Waals surface area (Å²) in [5, 5.41) is 0. The molecule has 0 unspecified atom stereocenters. The lowest BCUT2D eigenvalue weighted by Gasteiger charge is -2.39. The number of benzene rings is 1. The molecule has 2 fully saturated rings. The number of hydrogen-bond donors (Lipinski definition) is 0. The molecule has 4 rings (SSSR count). The standard InChI is InChI=1S/C18H26N2O3S/c1-24(21,22)20-9-7-18(8-10-20)14-19(12-15-6-11-23-13-15)17-5-3-2-4-16(17)18/h2-5,15H,6-14H2,1H3/t15-/m0/s1. The number of anilines is 1. The Bertz CT molecular complexity index is 705. The van der Waals surface area contributed by atoms with E-state index < -0.39 is 10.0 Å². The number of para-hydroxylation sites is 1. The Labute approximate surface area is 144 Å². The topological polar surface area (TPSA) is 49.9 Å². The summed E-state index contributed by atoms with van der Waals surface area (Å²) >= 11 is 0. The fraction of sp³-hybridized carbons (Fsp3) is 0.667. The molecule has 0 aliphatic carbocycles. The summed E-state index contributed by atoms with van der Waals surface area (Å²) < 4.78 is 30.8. The summed E-state index contributed by atoms with van der Waals surface area (Å²) in [4.78, 5) is 2.52. The molecule has 3 aliphatic rings. The van der Waals surface area contributed by atoms with Crippen LogP contribution in [0.3, 0.4) is 0 Å². The zero-order chi connectivity index (χ0) is 16.8. The first-order valence-electron chi connectivity index (χ1n) is 8.85. The molecule has 0 aromatic heterocycles. The van der Waals surface area contributed by atoms with Gasteiger partial charge in [0.1, 0.15) is 0 Å². The number of nitrogens with zero attached hydrogens (tertiary/aromatic N) is 2. The van der Waals surface area contributed by atoms with Gasteiger partial charge in [0.15, 0.2) is 0 Å². The predicted octanol–water partition coefficient (Wildman–Crippen LogP) is 1.84. The van der Waals surface area contributed by atoms with Gasteiger partial charge in [0.05, 0.1) is 12.9 Å². The monoisotopic (exact) mass is 350 g/mol. The third kappa shape index (κ3) is 2.85. The SMILES string of the molecule is CS(=O)(=O)N1CCC2(CC1)CN(C[C@@H]1CCOC1)c1ccccc12. The van der Waals surface area contributed by atoms with Crippen molar-refractivity contribution >= 4 is 15.7 Å². The zero-order valence-corrected chi connectivity index (χ0v) is 15.1. The molecule has 24 heavy (non-hydrogen) atoms. The van der Waals surface area contributed by atoms with Gasteiger partial charge in [0.25, 0.3) is 0 Å². The third-order valence-corrected chi connectivity index (χ3v) is 7.26. The summed E-state index contributed by atoms with van der Waals surface area (Å²) in [6.07, 6.45) is 4.29. The van der Waals surface area contributed by atoms with Crippen LogP contribution in [-0.4, -0.2) is 58.4 Å². The lowest BCUT2D eigenvalue weighted by molar-refractivity contribution is 0.186. The van der Waals surface area contributed by atoms with Crippen LogP contribution in [0.2, 0.25) is 0 Å². The van der Waals surface area contributed by atoms with E-state index in [9.17, 15) is 8.42 Å². The summed E-state index contributed by atoms with van der Waals surface area (Å²) in [6, 6.07) is 8.70. The minimum atomic E-state index is -3.08. The quantitative estimate of drug-likeness (QED) is 0.835. The van der Waals surface area contributed by atoms with Crippen molar-refractivity contribution in [2.45, 2.75) is 24.7 Å². The van der Waals surface area contributed by atoms with Crippen molar-refractivity contribution < 1.29 is 13.2 Å². The maximum Gasteiger partial charge on any atom is 0.211 e. The van der Waals surface area contributed by atoms with E-state index in [1.165, 1.54) is 17.5 Å². The summed E-state index contributed by atoms with van der Waals surface area (Å²) in [7, 11) is -3.08. The largest absolute Gasteiger partial charge is 0.381 e. The highest BCUT2D eigenvalue weighted by molar-refractivity contribution is 7.88. The number of hydrogen-bond acceptors (Lipinski definition) is 4. The molecule has 5 nitrogen and oxygen atoms in total. The van der Waals surface area contributed by atoms with E-state index in [0.29, 0.717) is 19.0 Å². The second-order valence-corrected chi connectivity index (χ2v) is 9.55. The van der Waals surface area contributed by atoms with Gasteiger partial charge in [-0.05, 0) is 30.9 Å². The van der Waals surface area contributed by atoms with E-state index in [4.69, 9.17) is 4.74 Å². The van der Waals surface area contributed by atoms with Gasteiger partial charge in [-0.2, -0.15) is 0 Å². The highest BCUT2D eigenvalue weighted by Gasteiger charge is 2.45. The summed E-state index contributed by atoms with van der Waals surface area (Å²) in [5.41, 5.74) is 2.87. The Balaban J connectivity index is 1.57. The van der Waals surface area contributed by atoms with Crippen molar-refractivity contribution in [1.82, 2.24) is 4.31 Å². The van der Waals surface area contributed by atoms with Crippen LogP contribution in [0.4, 0.5) is 5.69 Å². The highest BCUT2D eigenvalue weighted by Crippen LogP contribution is 2.47. The average Bonchev–Trinajstić information content (AvgIpc) is 3.16. The van der Waals surface area contributed by atoms with Crippen molar-refractivity contribution in [2.75, 3.05) is 50.5 Å². The van der Waals surface area contributed by atoms with Crippen LogP contribution >= 0.6 is 0 Å². The molecule has 132 valence electrons. The molecule has 6 heteroatoms. The van der Waals surface area contributed by atoms with Gasteiger partial charge < -0.3 is 9.64 Å². The van der Waals surface area contributed by atoms with Gasteiger partial charge >= 0.3 is 0 Å². The lowest BCUT2D eigenvalue weighted by Crippen LogP contribution is -2.47. The highest BCUT2D eigenvalue weighted by atomic mass is 32.2. The number of sulfonamides is 1. The molecule has 1 spiro atoms. The molecule has 2 saturated heterocycles. The Kier molecular flexibility index (Phi) is 4.09. The fourth-order valence-corrected chi connectivity index (χ4v) is 5.45. The van der Waals surface area contributed by atoms with Gasteiger partial charge in [-0.3, -0.25) is 0 Å². The molecule has 0 radical (unpaired) electrons. The number of rotatable bonds is 3. The van der Waals surface area contributed by atoms with E-state index in [-0.39, 0.29) is 5.41 Å². The van der Waals surface area contributed by atoms with E-state index in [2.05, 4.69) is 29.2 Å². The molecular weight excluding hydrogens is 324 g/mol. The first-order valence-corrected chi connectivity index (χ1v) is 10.7. The van der Waals surface area contributed by atoms with Gasteiger partial charge in [-0.25, -0.2) is 12.7 Å². The van der Waals surface area contributed by atoms with Crippen molar-refractivity contribution in [1.29, 1.82) is 0 Å². The maximum absolute atomic E-state index is 11.8. The summed E-state index contributed by atoms with van der Waals surface area (Å²) in [6.45, 7) is 5.08. The molecule has 1 aromatic rings. The van der Waals surface area contributed by atoms with Crippen LogP contribution in [0.15, 0.2) is 24.3 Å². The second-order valence-electron chi connectivity index (χ2n) is 7.57. The fourth-order valence-electron chi connectivity index (χ4n) is 4.61. The molecular formula is C18H26N2O3S. The molecule has 1 atom stereocenters. The van der Waals surface area contributed by atoms with Crippen LogP contribution in [0.1, 0.15) is 24.8 Å². The first-order chi connectivity index (χ1) is 11.5. The molecule has 1 aromatic carbocycles. The Morgan fingerprint density at radius 1 is 1.25 bits per heavy atom. The lowest BCUT2D eigenvalue weighted by atomic mass is 9.75. The molecule has 0 bridgehead atoms. The molecule has 0 amide bonds. The predicted molar refractivity (Wildman–Crippen MR) is 94.9 cm³/mol. The van der Waals surface area contributed by atoms with Crippen LogP contribution in [-0.2, 0) is 20.2 Å². The normalized spacial score (nSPS) is 26.9. The first kappa shape index (κ1) is 16.4. The Morgan fingerprint density at radius 3 is 2.67 bits per heavy atom. The van der Waals surface area contributed by atoms with E-state index >= 15 is 0 Å². The van der Waals surface area contributed by atoms with Crippen LogP contribution in [0, 0.1) is 5.92 Å². The van der Waals surface area contributed by atoms with E-state index in [0.717, 1.165) is 45.6 Å². The number of piperidine rings is 1. The number of ether oxygens (including phenoxy) is 1. The van der Waals surface area contributed by atoms with Crippen molar-refractivity contribution in [3.63, 3.8) is 0 Å². The zero-order valence-electron chi connectivity index (χ0n) is 14.3. The van der Waals surface area contributed by atoms with Gasteiger partial charge in [-0.1, -0.05) is 18.2 Å². The van der Waals surface area contributed by atoms with Crippen LogP contribution in [0.25, 0.3) is 0 Å². The number of fused-ring (bicyclic) bond motifs is 2. The van der Waals surface area contributed by atoms with E-state index in [1.807, 2.05) is 0 Å².